The highest BCUT2D eigenvalue weighted by Crippen LogP contribution is 2.31. The van der Waals surface area contributed by atoms with Crippen molar-refractivity contribution < 1.29 is 4.42 Å². The lowest BCUT2D eigenvalue weighted by molar-refractivity contribution is 0.403. The third-order valence-corrected chi connectivity index (χ3v) is 5.13. The van der Waals surface area contributed by atoms with E-state index in [1.165, 1.54) is 9.75 Å². The van der Waals surface area contributed by atoms with Crippen LogP contribution in [0.5, 0.6) is 0 Å². The highest BCUT2D eigenvalue weighted by molar-refractivity contribution is 7.11. The molecular weight excluding hydrogens is 286 g/mol. The summed E-state index contributed by atoms with van der Waals surface area (Å²) < 4.78 is 5.73. The second-order valence-corrected chi connectivity index (χ2v) is 6.76. The Morgan fingerprint density at radius 3 is 2.10 bits per heavy atom. The average molecular weight is 303 g/mol. The molecule has 0 amide bonds. The summed E-state index contributed by atoms with van der Waals surface area (Å²) in [6, 6.07) is 13.0. The van der Waals surface area contributed by atoms with Gasteiger partial charge in [-0.2, -0.15) is 0 Å². The number of aryl methyl sites for hydroxylation is 1. The lowest BCUT2D eigenvalue weighted by atomic mass is 10.1. The monoisotopic (exact) mass is 303 g/mol. The molecule has 0 saturated heterocycles. The van der Waals surface area contributed by atoms with Crippen molar-refractivity contribution in [3.63, 3.8) is 0 Å². The first-order valence-corrected chi connectivity index (χ1v) is 8.39. The molecule has 0 aromatic carbocycles. The number of hydrogen-bond donors (Lipinski definition) is 1. The molecule has 0 bridgehead atoms. The molecule has 3 aromatic heterocycles. The number of rotatable bonds is 5. The Labute approximate surface area is 127 Å². The molecule has 0 fully saturated rings. The highest BCUT2D eigenvalue weighted by atomic mass is 32.1. The normalized spacial score (nSPS) is 12.9. The topological polar surface area (TPSA) is 25.2 Å². The van der Waals surface area contributed by atoms with E-state index in [1.54, 1.807) is 22.7 Å². The molecule has 3 heterocycles. The van der Waals surface area contributed by atoms with Crippen LogP contribution in [0.1, 0.15) is 40.3 Å². The second kappa shape index (κ2) is 5.95. The summed E-state index contributed by atoms with van der Waals surface area (Å²) in [5.74, 6) is 1.94. The zero-order chi connectivity index (χ0) is 13.9. The second-order valence-electron chi connectivity index (χ2n) is 4.80. The summed E-state index contributed by atoms with van der Waals surface area (Å²) in [5, 5.41) is 7.93. The summed E-state index contributed by atoms with van der Waals surface area (Å²) in [5.41, 5.74) is 0. The van der Waals surface area contributed by atoms with Gasteiger partial charge in [-0.05, 0) is 48.9 Å². The van der Waals surface area contributed by atoms with Gasteiger partial charge in [0.15, 0.2) is 0 Å². The Morgan fingerprint density at radius 2 is 1.65 bits per heavy atom. The molecule has 4 heteroatoms. The maximum absolute atomic E-state index is 5.73. The Kier molecular flexibility index (Phi) is 4.05. The lowest BCUT2D eigenvalue weighted by Crippen LogP contribution is -2.24. The molecular formula is C16H17NOS2. The van der Waals surface area contributed by atoms with Gasteiger partial charge in [0.2, 0.25) is 0 Å². The van der Waals surface area contributed by atoms with Crippen molar-refractivity contribution in [1.29, 1.82) is 0 Å². The van der Waals surface area contributed by atoms with Gasteiger partial charge in [-0.3, -0.25) is 5.32 Å². The largest absolute Gasteiger partial charge is 0.465 e. The van der Waals surface area contributed by atoms with E-state index in [0.717, 1.165) is 11.5 Å². The molecule has 1 unspecified atom stereocenters. The van der Waals surface area contributed by atoms with E-state index >= 15 is 0 Å². The molecule has 1 atom stereocenters. The number of nitrogens with one attached hydrogen (secondary N) is 1. The molecule has 0 spiro atoms. The van der Waals surface area contributed by atoms with Gasteiger partial charge in [0.1, 0.15) is 11.5 Å². The quantitative estimate of drug-likeness (QED) is 0.705. The van der Waals surface area contributed by atoms with E-state index < -0.39 is 0 Å². The van der Waals surface area contributed by atoms with Gasteiger partial charge in [-0.15, -0.1) is 22.7 Å². The van der Waals surface area contributed by atoms with Gasteiger partial charge >= 0.3 is 0 Å². The molecule has 20 heavy (non-hydrogen) atoms. The van der Waals surface area contributed by atoms with Crippen LogP contribution < -0.4 is 5.32 Å². The molecule has 2 nitrogen and oxygen atoms in total. The fourth-order valence-electron chi connectivity index (χ4n) is 2.23. The molecule has 3 aromatic rings. The van der Waals surface area contributed by atoms with Crippen LogP contribution in [0, 0.1) is 6.92 Å². The van der Waals surface area contributed by atoms with Crippen LogP contribution in [0.3, 0.4) is 0 Å². The summed E-state index contributed by atoms with van der Waals surface area (Å²) in [6.45, 7) is 4.12. The summed E-state index contributed by atoms with van der Waals surface area (Å²) >= 11 is 3.57. The minimum Gasteiger partial charge on any atom is -0.465 e. The third-order valence-electron chi connectivity index (χ3n) is 3.26. The summed E-state index contributed by atoms with van der Waals surface area (Å²) in [4.78, 5) is 2.67. The number of thiophene rings is 2. The molecule has 104 valence electrons. The molecule has 3 rings (SSSR count). The van der Waals surface area contributed by atoms with Gasteiger partial charge in [-0.25, -0.2) is 0 Å². The van der Waals surface area contributed by atoms with E-state index in [4.69, 9.17) is 4.42 Å². The molecule has 0 aliphatic rings. The Bertz CT molecular complexity index is 606. The van der Waals surface area contributed by atoms with Crippen molar-refractivity contribution in [2.45, 2.75) is 25.9 Å². The fraction of sp³-hybridized carbons (Fsp3) is 0.250. The van der Waals surface area contributed by atoms with Crippen LogP contribution in [0.4, 0.5) is 0 Å². The summed E-state index contributed by atoms with van der Waals surface area (Å²) in [6.07, 6.45) is 0. The number of hydrogen-bond acceptors (Lipinski definition) is 4. The zero-order valence-electron chi connectivity index (χ0n) is 11.5. The predicted octanol–water partition coefficient (Wildman–Crippen LogP) is 5.15. The van der Waals surface area contributed by atoms with Crippen LogP contribution >= 0.6 is 22.7 Å². The van der Waals surface area contributed by atoms with Crippen molar-refractivity contribution in [3.05, 3.63) is 68.4 Å². The molecule has 0 saturated carbocycles. The van der Waals surface area contributed by atoms with Gasteiger partial charge in [0, 0.05) is 9.75 Å². The Morgan fingerprint density at radius 1 is 1.00 bits per heavy atom. The molecule has 0 aliphatic heterocycles. The smallest absolute Gasteiger partial charge is 0.120 e. The predicted molar refractivity (Wildman–Crippen MR) is 85.5 cm³/mol. The van der Waals surface area contributed by atoms with E-state index in [9.17, 15) is 0 Å². The van der Waals surface area contributed by atoms with Crippen LogP contribution in [-0.4, -0.2) is 0 Å². The SMILES string of the molecule is Cc1ccc(C(C)NC(c2cccs2)c2cccs2)o1. The van der Waals surface area contributed by atoms with E-state index in [0.29, 0.717) is 0 Å². The highest BCUT2D eigenvalue weighted by Gasteiger charge is 2.20. The molecule has 1 N–H and O–H groups in total. The van der Waals surface area contributed by atoms with Crippen LogP contribution in [0.15, 0.2) is 51.6 Å². The first-order chi connectivity index (χ1) is 9.74. The van der Waals surface area contributed by atoms with Crippen LogP contribution in [0.2, 0.25) is 0 Å². The Balaban J connectivity index is 1.84. The summed E-state index contributed by atoms with van der Waals surface area (Å²) in [7, 11) is 0. The first-order valence-electron chi connectivity index (χ1n) is 6.63. The minimum atomic E-state index is 0.179. The van der Waals surface area contributed by atoms with Crippen molar-refractivity contribution in [1.82, 2.24) is 5.32 Å². The van der Waals surface area contributed by atoms with E-state index in [2.05, 4.69) is 47.3 Å². The Hall–Kier alpha value is -1.36. The third kappa shape index (κ3) is 2.87. The van der Waals surface area contributed by atoms with E-state index in [-0.39, 0.29) is 12.1 Å². The van der Waals surface area contributed by atoms with Crippen LogP contribution in [-0.2, 0) is 0 Å². The minimum absolute atomic E-state index is 0.179. The number of furan rings is 1. The maximum Gasteiger partial charge on any atom is 0.120 e. The van der Waals surface area contributed by atoms with Crippen LogP contribution in [0.25, 0.3) is 0 Å². The van der Waals surface area contributed by atoms with Gasteiger partial charge in [0.05, 0.1) is 12.1 Å². The van der Waals surface area contributed by atoms with Crippen molar-refractivity contribution >= 4 is 22.7 Å². The van der Waals surface area contributed by atoms with Gasteiger partial charge in [0.25, 0.3) is 0 Å². The first kappa shape index (κ1) is 13.6. The van der Waals surface area contributed by atoms with E-state index in [1.807, 2.05) is 19.1 Å². The van der Waals surface area contributed by atoms with Crippen molar-refractivity contribution in [2.75, 3.05) is 0 Å². The van der Waals surface area contributed by atoms with Crippen molar-refractivity contribution in [3.8, 4) is 0 Å². The standard InChI is InChI=1S/C16H17NOS2/c1-11-7-8-13(18-11)12(2)17-16(14-5-3-9-19-14)15-6-4-10-20-15/h3-10,12,16-17H,1-2H3. The molecule has 0 aliphatic carbocycles. The average Bonchev–Trinajstić information content (AvgIpc) is 3.17. The lowest BCUT2D eigenvalue weighted by Gasteiger charge is -2.20. The maximum atomic E-state index is 5.73. The molecule has 0 radical (unpaired) electrons. The van der Waals surface area contributed by atoms with Crippen molar-refractivity contribution in [2.24, 2.45) is 0 Å². The van der Waals surface area contributed by atoms with Gasteiger partial charge < -0.3 is 4.42 Å². The fourth-order valence-corrected chi connectivity index (χ4v) is 3.91. The zero-order valence-corrected chi connectivity index (χ0v) is 13.1. The van der Waals surface area contributed by atoms with Gasteiger partial charge in [-0.1, -0.05) is 12.1 Å².